The summed E-state index contributed by atoms with van der Waals surface area (Å²) in [6.45, 7) is 1.07. The van der Waals surface area contributed by atoms with E-state index in [-0.39, 0.29) is 0 Å². The molecule has 0 radical (unpaired) electrons. The van der Waals surface area contributed by atoms with Crippen LogP contribution in [0, 0.1) is 6.92 Å². The average molecular weight is 407 g/mol. The predicted molar refractivity (Wildman–Crippen MR) is 106 cm³/mol. The van der Waals surface area contributed by atoms with Gasteiger partial charge < -0.3 is 20.9 Å². The van der Waals surface area contributed by atoms with Gasteiger partial charge in [0, 0.05) is 22.3 Å². The molecule has 0 aliphatic heterocycles. The summed E-state index contributed by atoms with van der Waals surface area (Å²) >= 11 is 2.95. The topological polar surface area (TPSA) is 109 Å². The average Bonchev–Trinajstić information content (AvgIpc) is 3.00. The van der Waals surface area contributed by atoms with Crippen molar-refractivity contribution in [1.29, 1.82) is 0 Å². The normalized spacial score (nSPS) is 10.8. The molecule has 0 fully saturated rings. The number of thioether (sulfide) groups is 1. The first-order chi connectivity index (χ1) is 13.0. The molecular formula is C17H18FN5O2S2. The van der Waals surface area contributed by atoms with Gasteiger partial charge in [0.15, 0.2) is 16.7 Å². The molecule has 0 bridgehead atoms. The third kappa shape index (κ3) is 4.58. The van der Waals surface area contributed by atoms with Crippen molar-refractivity contribution in [3.63, 3.8) is 0 Å². The standard InChI is InChI=1S/C17H18FN5O2S2/c1-9-11(7-26-17-22-14(19)6-15(20)23-17)21-16(27-9)10-3-4-12(24-2)13(5-10)25-8-18/h3-6H,7-8H2,1-2H3,(H4,19,20,22,23). The minimum atomic E-state index is -0.929. The highest BCUT2D eigenvalue weighted by atomic mass is 32.2. The van der Waals surface area contributed by atoms with Gasteiger partial charge in [-0.05, 0) is 25.1 Å². The van der Waals surface area contributed by atoms with Crippen LogP contribution in [0.5, 0.6) is 11.5 Å². The van der Waals surface area contributed by atoms with Gasteiger partial charge in [-0.3, -0.25) is 0 Å². The fraction of sp³-hybridized carbons (Fsp3) is 0.235. The van der Waals surface area contributed by atoms with Crippen molar-refractivity contribution in [3.05, 3.63) is 34.8 Å². The third-order valence-corrected chi connectivity index (χ3v) is 5.52. The zero-order valence-corrected chi connectivity index (χ0v) is 16.4. The molecule has 3 rings (SSSR count). The molecule has 0 atom stereocenters. The maximum absolute atomic E-state index is 12.6. The number of anilines is 2. The van der Waals surface area contributed by atoms with E-state index in [0.717, 1.165) is 21.1 Å². The summed E-state index contributed by atoms with van der Waals surface area (Å²) in [6.07, 6.45) is 0. The number of hydrogen-bond acceptors (Lipinski definition) is 9. The number of aromatic nitrogens is 3. The lowest BCUT2D eigenvalue weighted by molar-refractivity contribution is 0.185. The summed E-state index contributed by atoms with van der Waals surface area (Å²) in [5.74, 6) is 2.05. The molecule has 2 heterocycles. The Labute approximate surface area is 164 Å². The summed E-state index contributed by atoms with van der Waals surface area (Å²) in [6, 6.07) is 6.82. The number of alkyl halides is 1. The molecule has 0 aliphatic rings. The lowest BCUT2D eigenvalue weighted by Crippen LogP contribution is -1.99. The van der Waals surface area contributed by atoms with Gasteiger partial charge in [0.05, 0.1) is 12.8 Å². The van der Waals surface area contributed by atoms with Crippen molar-refractivity contribution in [3.8, 4) is 22.1 Å². The first-order valence-electron chi connectivity index (χ1n) is 7.86. The number of halogens is 1. The summed E-state index contributed by atoms with van der Waals surface area (Å²) in [5, 5.41) is 1.31. The Bertz CT molecular complexity index is 931. The molecule has 10 heteroatoms. The zero-order valence-electron chi connectivity index (χ0n) is 14.7. The summed E-state index contributed by atoms with van der Waals surface area (Å²) in [7, 11) is 1.51. The Hall–Kier alpha value is -2.59. The highest BCUT2D eigenvalue weighted by molar-refractivity contribution is 7.98. The van der Waals surface area contributed by atoms with Crippen LogP contribution in [-0.4, -0.2) is 28.9 Å². The largest absolute Gasteiger partial charge is 0.493 e. The minimum absolute atomic E-state index is 0.333. The van der Waals surface area contributed by atoms with E-state index in [2.05, 4.69) is 15.0 Å². The highest BCUT2D eigenvalue weighted by Crippen LogP contribution is 2.36. The smallest absolute Gasteiger partial charge is 0.228 e. The molecule has 27 heavy (non-hydrogen) atoms. The number of ether oxygens (including phenoxy) is 2. The summed E-state index contributed by atoms with van der Waals surface area (Å²) in [4.78, 5) is 14.1. The number of methoxy groups -OCH3 is 1. The molecule has 0 amide bonds. The third-order valence-electron chi connectivity index (χ3n) is 3.60. The zero-order chi connectivity index (χ0) is 19.4. The van der Waals surface area contributed by atoms with Gasteiger partial charge in [-0.2, -0.15) is 0 Å². The molecule has 2 aromatic heterocycles. The molecular weight excluding hydrogens is 389 g/mol. The number of thiazole rings is 1. The molecule has 0 unspecified atom stereocenters. The predicted octanol–water partition coefficient (Wildman–Crippen LogP) is 3.68. The molecule has 4 N–H and O–H groups in total. The van der Waals surface area contributed by atoms with Gasteiger partial charge in [0.1, 0.15) is 16.6 Å². The Morgan fingerprint density at radius 2 is 1.85 bits per heavy atom. The van der Waals surface area contributed by atoms with Gasteiger partial charge in [-0.1, -0.05) is 11.8 Å². The molecule has 1 aromatic carbocycles. The number of benzene rings is 1. The van der Waals surface area contributed by atoms with E-state index in [1.165, 1.54) is 24.9 Å². The van der Waals surface area contributed by atoms with Crippen LogP contribution >= 0.6 is 23.1 Å². The van der Waals surface area contributed by atoms with E-state index in [4.69, 9.17) is 20.9 Å². The SMILES string of the molecule is COc1ccc(-c2nc(CSc3nc(N)cc(N)n3)c(C)s2)cc1OCF. The van der Waals surface area contributed by atoms with Crippen LogP contribution < -0.4 is 20.9 Å². The molecule has 0 aliphatic carbocycles. The van der Waals surface area contributed by atoms with Crippen LogP contribution in [0.1, 0.15) is 10.6 Å². The number of hydrogen-bond donors (Lipinski definition) is 2. The quantitative estimate of drug-likeness (QED) is 0.451. The fourth-order valence-corrected chi connectivity index (χ4v) is 4.23. The van der Waals surface area contributed by atoms with Crippen LogP contribution in [0.15, 0.2) is 29.4 Å². The Morgan fingerprint density at radius 1 is 1.11 bits per heavy atom. The number of aryl methyl sites for hydroxylation is 1. The maximum atomic E-state index is 12.6. The lowest BCUT2D eigenvalue weighted by Gasteiger charge is -2.08. The van der Waals surface area contributed by atoms with Crippen molar-refractivity contribution in [1.82, 2.24) is 15.0 Å². The van der Waals surface area contributed by atoms with Crippen molar-refractivity contribution in [2.45, 2.75) is 17.8 Å². The van der Waals surface area contributed by atoms with Crippen LogP contribution in [0.3, 0.4) is 0 Å². The fourth-order valence-electron chi connectivity index (χ4n) is 2.33. The van der Waals surface area contributed by atoms with E-state index in [1.807, 2.05) is 13.0 Å². The van der Waals surface area contributed by atoms with Gasteiger partial charge in [-0.15, -0.1) is 11.3 Å². The van der Waals surface area contributed by atoms with E-state index in [0.29, 0.717) is 34.0 Å². The first-order valence-corrected chi connectivity index (χ1v) is 9.66. The van der Waals surface area contributed by atoms with Crippen molar-refractivity contribution in [2.75, 3.05) is 25.4 Å². The second kappa shape index (κ2) is 8.40. The van der Waals surface area contributed by atoms with E-state index < -0.39 is 6.86 Å². The Kier molecular flexibility index (Phi) is 5.97. The van der Waals surface area contributed by atoms with Gasteiger partial charge >= 0.3 is 0 Å². The second-order valence-corrected chi connectivity index (χ2v) is 7.58. The number of nitrogens with two attached hydrogens (primary N) is 2. The second-order valence-electron chi connectivity index (χ2n) is 5.43. The van der Waals surface area contributed by atoms with Crippen molar-refractivity contribution < 1.29 is 13.9 Å². The highest BCUT2D eigenvalue weighted by Gasteiger charge is 2.14. The number of rotatable bonds is 7. The molecule has 142 valence electrons. The molecule has 0 saturated carbocycles. The lowest BCUT2D eigenvalue weighted by atomic mass is 10.2. The van der Waals surface area contributed by atoms with E-state index in [1.54, 1.807) is 23.5 Å². The van der Waals surface area contributed by atoms with E-state index in [9.17, 15) is 4.39 Å². The number of nitrogens with zero attached hydrogens (tertiary/aromatic N) is 3. The Balaban J connectivity index is 1.80. The van der Waals surface area contributed by atoms with Crippen LogP contribution in [0.25, 0.3) is 10.6 Å². The number of nitrogen functional groups attached to an aromatic ring is 2. The molecule has 3 aromatic rings. The van der Waals surface area contributed by atoms with Crippen LogP contribution in [0.4, 0.5) is 16.0 Å². The molecule has 0 saturated heterocycles. The minimum Gasteiger partial charge on any atom is -0.493 e. The van der Waals surface area contributed by atoms with Gasteiger partial charge in [0.25, 0.3) is 0 Å². The van der Waals surface area contributed by atoms with Gasteiger partial charge in [0.2, 0.25) is 6.86 Å². The van der Waals surface area contributed by atoms with Crippen LogP contribution in [-0.2, 0) is 5.75 Å². The van der Waals surface area contributed by atoms with E-state index >= 15 is 0 Å². The van der Waals surface area contributed by atoms with Crippen molar-refractivity contribution in [2.24, 2.45) is 0 Å². The monoisotopic (exact) mass is 407 g/mol. The van der Waals surface area contributed by atoms with Gasteiger partial charge in [-0.25, -0.2) is 19.3 Å². The summed E-state index contributed by atoms with van der Waals surface area (Å²) in [5.41, 5.74) is 13.1. The molecule has 0 spiro atoms. The Morgan fingerprint density at radius 3 is 2.52 bits per heavy atom. The first kappa shape index (κ1) is 19.2. The van der Waals surface area contributed by atoms with Crippen molar-refractivity contribution >= 4 is 34.7 Å². The van der Waals surface area contributed by atoms with Crippen LogP contribution in [0.2, 0.25) is 0 Å². The summed E-state index contributed by atoms with van der Waals surface area (Å²) < 4.78 is 22.8. The molecule has 7 nitrogen and oxygen atoms in total. The maximum Gasteiger partial charge on any atom is 0.228 e.